The first-order valence-electron chi connectivity index (χ1n) is 6.18. The van der Waals surface area contributed by atoms with Gasteiger partial charge in [0.15, 0.2) is 0 Å². The molecule has 0 saturated carbocycles. The summed E-state index contributed by atoms with van der Waals surface area (Å²) in [6, 6.07) is 5.14. The average molecular weight is 276 g/mol. The molecule has 0 spiro atoms. The number of nitrogens with two attached hydrogens (primary N) is 1. The molecule has 1 heterocycles. The van der Waals surface area contributed by atoms with Crippen molar-refractivity contribution in [1.82, 2.24) is 4.90 Å². The molecule has 0 radical (unpaired) electrons. The number of nitrogen functional groups attached to an aromatic ring is 1. The van der Waals surface area contributed by atoms with Crippen molar-refractivity contribution in [3.05, 3.63) is 35.4 Å². The van der Waals surface area contributed by atoms with Gasteiger partial charge in [0.1, 0.15) is 0 Å². The van der Waals surface area contributed by atoms with Gasteiger partial charge >= 0.3 is 12.1 Å². The Labute approximate surface area is 116 Å². The van der Waals surface area contributed by atoms with E-state index in [1.165, 1.54) is 12.0 Å². The van der Waals surface area contributed by atoms with Crippen LogP contribution in [0.1, 0.15) is 22.3 Å². The minimum atomic E-state index is -0.916. The van der Waals surface area contributed by atoms with E-state index in [1.54, 1.807) is 18.2 Å². The molecule has 20 heavy (non-hydrogen) atoms. The van der Waals surface area contributed by atoms with E-state index < -0.39 is 12.1 Å². The Balaban J connectivity index is 2.21. The molecule has 0 aromatic heterocycles. The van der Waals surface area contributed by atoms with Gasteiger partial charge in [0.25, 0.3) is 0 Å². The van der Waals surface area contributed by atoms with Crippen LogP contribution >= 0.6 is 0 Å². The number of benzene rings is 1. The number of carbonyl (C=O) groups excluding carboxylic acids is 1. The van der Waals surface area contributed by atoms with Gasteiger partial charge in [0.05, 0.1) is 12.7 Å². The monoisotopic (exact) mass is 276 g/mol. The molecule has 0 bridgehead atoms. The van der Waals surface area contributed by atoms with Crippen LogP contribution in [-0.4, -0.2) is 42.3 Å². The summed E-state index contributed by atoms with van der Waals surface area (Å²) in [4.78, 5) is 23.6. The number of hydrogen-bond acceptors (Lipinski definition) is 4. The maximum absolute atomic E-state index is 11.5. The summed E-state index contributed by atoms with van der Waals surface area (Å²) >= 11 is 0. The molecule has 6 heteroatoms. The van der Waals surface area contributed by atoms with Crippen molar-refractivity contribution >= 4 is 23.3 Å². The van der Waals surface area contributed by atoms with Crippen LogP contribution in [0.5, 0.6) is 0 Å². The fourth-order valence-electron chi connectivity index (χ4n) is 2.16. The topological polar surface area (TPSA) is 92.9 Å². The van der Waals surface area contributed by atoms with Crippen molar-refractivity contribution in [3.8, 4) is 0 Å². The van der Waals surface area contributed by atoms with Crippen LogP contribution in [0, 0.1) is 0 Å². The van der Waals surface area contributed by atoms with Crippen molar-refractivity contribution in [2.24, 2.45) is 0 Å². The number of esters is 1. The molecular weight excluding hydrogens is 260 g/mol. The minimum Gasteiger partial charge on any atom is -0.465 e. The zero-order valence-electron chi connectivity index (χ0n) is 11.1. The van der Waals surface area contributed by atoms with Crippen molar-refractivity contribution in [1.29, 1.82) is 0 Å². The van der Waals surface area contributed by atoms with Crippen molar-refractivity contribution in [3.63, 3.8) is 0 Å². The van der Waals surface area contributed by atoms with Crippen LogP contribution in [0.4, 0.5) is 10.5 Å². The van der Waals surface area contributed by atoms with Gasteiger partial charge < -0.3 is 20.5 Å². The highest BCUT2D eigenvalue weighted by atomic mass is 16.5. The van der Waals surface area contributed by atoms with Crippen molar-refractivity contribution in [2.75, 3.05) is 25.9 Å². The number of carboxylic acid groups (broad SMARTS) is 1. The molecule has 0 fully saturated rings. The molecule has 0 atom stereocenters. The van der Waals surface area contributed by atoms with Crippen molar-refractivity contribution in [2.45, 2.75) is 6.42 Å². The van der Waals surface area contributed by atoms with E-state index in [1.807, 2.05) is 6.08 Å². The largest absolute Gasteiger partial charge is 0.465 e. The summed E-state index contributed by atoms with van der Waals surface area (Å²) < 4.78 is 4.64. The minimum absolute atomic E-state index is 0.333. The Kier molecular flexibility index (Phi) is 3.93. The molecule has 1 aromatic carbocycles. The highest BCUT2D eigenvalue weighted by Gasteiger charge is 2.18. The van der Waals surface area contributed by atoms with Gasteiger partial charge in [0, 0.05) is 18.8 Å². The molecule has 1 aliphatic heterocycles. The number of hydrogen-bond donors (Lipinski definition) is 2. The number of carbonyl (C=O) groups is 2. The predicted molar refractivity (Wildman–Crippen MR) is 74.4 cm³/mol. The molecule has 6 nitrogen and oxygen atoms in total. The Morgan fingerprint density at radius 1 is 1.40 bits per heavy atom. The summed E-state index contributed by atoms with van der Waals surface area (Å²) in [5, 5.41) is 8.89. The molecule has 0 saturated heterocycles. The number of methoxy groups -OCH3 is 1. The lowest BCUT2D eigenvalue weighted by Crippen LogP contribution is -2.33. The van der Waals surface area contributed by atoms with E-state index in [9.17, 15) is 9.59 Å². The number of rotatable bonds is 2. The maximum Gasteiger partial charge on any atom is 0.407 e. The van der Waals surface area contributed by atoms with E-state index >= 15 is 0 Å². The first-order valence-corrected chi connectivity index (χ1v) is 6.18. The highest BCUT2D eigenvalue weighted by molar-refractivity contribution is 5.95. The number of ether oxygens (including phenoxy) is 1. The summed E-state index contributed by atoms with van der Waals surface area (Å²) in [7, 11) is 1.31. The number of amides is 1. The number of nitrogens with zero attached hydrogens (tertiary/aromatic N) is 1. The van der Waals surface area contributed by atoms with Crippen LogP contribution in [0.3, 0.4) is 0 Å². The lowest BCUT2D eigenvalue weighted by Gasteiger charge is -2.24. The van der Waals surface area contributed by atoms with Crippen molar-refractivity contribution < 1.29 is 19.4 Å². The summed E-state index contributed by atoms with van der Waals surface area (Å²) in [5.74, 6) is -0.469. The Hall–Kier alpha value is -2.50. The van der Waals surface area contributed by atoms with E-state index in [0.29, 0.717) is 30.8 Å². The zero-order chi connectivity index (χ0) is 14.7. The quantitative estimate of drug-likeness (QED) is 0.635. The highest BCUT2D eigenvalue weighted by Crippen LogP contribution is 2.26. The number of anilines is 1. The molecule has 3 N–H and O–H groups in total. The van der Waals surface area contributed by atoms with Gasteiger partial charge in [-0.1, -0.05) is 12.1 Å². The van der Waals surface area contributed by atoms with Crippen LogP contribution in [-0.2, 0) is 4.74 Å². The van der Waals surface area contributed by atoms with E-state index in [-0.39, 0.29) is 0 Å². The van der Waals surface area contributed by atoms with E-state index in [4.69, 9.17) is 10.8 Å². The van der Waals surface area contributed by atoms with Crippen LogP contribution < -0.4 is 5.73 Å². The van der Waals surface area contributed by atoms with Gasteiger partial charge in [-0.25, -0.2) is 9.59 Å². The molecule has 0 aliphatic carbocycles. The van der Waals surface area contributed by atoms with Gasteiger partial charge in [-0.2, -0.15) is 0 Å². The molecule has 1 amide bonds. The molecule has 1 aromatic rings. The molecule has 106 valence electrons. The maximum atomic E-state index is 11.5. The SMILES string of the molecule is COC(=O)c1ccc(C2=CCN(C(=O)O)CC2)cc1N. The second-order valence-electron chi connectivity index (χ2n) is 4.50. The Morgan fingerprint density at radius 2 is 2.15 bits per heavy atom. The van der Waals surface area contributed by atoms with Gasteiger partial charge in [-0.05, 0) is 29.7 Å². The standard InChI is InChI=1S/C14H16N2O4/c1-20-13(17)11-3-2-10(8-12(11)15)9-4-6-16(7-5-9)14(18)19/h2-4,8H,5-7,15H2,1H3,(H,18,19). The van der Waals surface area contributed by atoms with Crippen LogP contribution in [0.15, 0.2) is 24.3 Å². The normalized spacial score (nSPS) is 14.7. The van der Waals surface area contributed by atoms with Gasteiger partial charge in [-0.15, -0.1) is 0 Å². The summed E-state index contributed by atoms with van der Waals surface area (Å²) in [6.45, 7) is 0.823. The Morgan fingerprint density at radius 3 is 2.65 bits per heavy atom. The lowest BCUT2D eigenvalue weighted by atomic mass is 9.97. The smallest absolute Gasteiger partial charge is 0.407 e. The van der Waals surface area contributed by atoms with Crippen LogP contribution in [0.25, 0.3) is 5.57 Å². The first kappa shape index (κ1) is 13.9. The predicted octanol–water partition coefficient (Wildman–Crippen LogP) is 1.82. The molecule has 2 rings (SSSR count). The summed E-state index contributed by atoms with van der Waals surface area (Å²) in [5.41, 5.74) is 8.47. The molecule has 1 aliphatic rings. The fraction of sp³-hybridized carbons (Fsp3) is 0.286. The van der Waals surface area contributed by atoms with Gasteiger partial charge in [-0.3, -0.25) is 0 Å². The second-order valence-corrected chi connectivity index (χ2v) is 4.50. The first-order chi connectivity index (χ1) is 9.52. The summed E-state index contributed by atoms with van der Waals surface area (Å²) in [6.07, 6.45) is 1.58. The molecule has 0 unspecified atom stereocenters. The molecular formula is C14H16N2O4. The van der Waals surface area contributed by atoms with Crippen LogP contribution in [0.2, 0.25) is 0 Å². The third-order valence-electron chi connectivity index (χ3n) is 3.31. The second kappa shape index (κ2) is 5.64. The van der Waals surface area contributed by atoms with E-state index in [0.717, 1.165) is 11.1 Å². The average Bonchev–Trinajstić information content (AvgIpc) is 2.46. The lowest BCUT2D eigenvalue weighted by molar-refractivity contribution is 0.0602. The third kappa shape index (κ3) is 2.74. The third-order valence-corrected chi connectivity index (χ3v) is 3.31. The van der Waals surface area contributed by atoms with Gasteiger partial charge in [0.2, 0.25) is 0 Å². The fourth-order valence-corrected chi connectivity index (χ4v) is 2.16. The Bertz CT molecular complexity index is 581. The van der Waals surface area contributed by atoms with E-state index in [2.05, 4.69) is 4.74 Å². The zero-order valence-corrected chi connectivity index (χ0v) is 11.1.